The summed E-state index contributed by atoms with van der Waals surface area (Å²) in [6.07, 6.45) is 1.73. The Hall–Kier alpha value is -2.35. The molecule has 1 aromatic rings. The molecule has 1 aliphatic rings. The van der Waals surface area contributed by atoms with Crippen LogP contribution >= 0.6 is 0 Å². The van der Waals surface area contributed by atoms with E-state index < -0.39 is 0 Å². The number of carbonyl (C=O) groups is 2. The Bertz CT molecular complexity index is 625. The van der Waals surface area contributed by atoms with Crippen molar-refractivity contribution in [3.8, 4) is 6.07 Å². The number of carbonyl (C=O) groups excluding carboxylic acids is 2. The summed E-state index contributed by atoms with van der Waals surface area (Å²) in [6, 6.07) is 7.64. The Labute approximate surface area is 131 Å². The molecule has 0 saturated carbocycles. The molecule has 0 aromatic heterocycles. The molecule has 116 valence electrons. The van der Waals surface area contributed by atoms with Crippen LogP contribution in [-0.4, -0.2) is 42.8 Å². The van der Waals surface area contributed by atoms with Crippen LogP contribution in [0, 0.1) is 11.3 Å². The maximum Gasteiger partial charge on any atom is 0.219 e. The third-order valence-corrected chi connectivity index (χ3v) is 4.37. The lowest BCUT2D eigenvalue weighted by molar-refractivity contribution is -0.129. The Morgan fingerprint density at radius 1 is 1.27 bits per heavy atom. The molecule has 0 N–H and O–H groups in total. The predicted molar refractivity (Wildman–Crippen MR) is 84.8 cm³/mol. The van der Waals surface area contributed by atoms with Crippen LogP contribution in [-0.2, 0) is 4.79 Å². The smallest absolute Gasteiger partial charge is 0.219 e. The SMILES string of the molecule is CC(=O)c1ccc(C#N)c(N2CCC(N(C)C(C)=O)CC2)c1. The number of nitrogens with zero attached hydrogens (tertiary/aromatic N) is 3. The van der Waals surface area contributed by atoms with E-state index >= 15 is 0 Å². The average molecular weight is 299 g/mol. The second-order valence-corrected chi connectivity index (χ2v) is 5.75. The van der Waals surface area contributed by atoms with Gasteiger partial charge >= 0.3 is 0 Å². The van der Waals surface area contributed by atoms with Gasteiger partial charge in [-0.05, 0) is 38.0 Å². The zero-order valence-corrected chi connectivity index (χ0v) is 13.3. The van der Waals surface area contributed by atoms with Gasteiger partial charge in [-0.15, -0.1) is 0 Å². The third kappa shape index (κ3) is 3.28. The average Bonchev–Trinajstić information content (AvgIpc) is 2.53. The van der Waals surface area contributed by atoms with Crippen molar-refractivity contribution in [2.45, 2.75) is 32.7 Å². The van der Waals surface area contributed by atoms with Gasteiger partial charge in [0.1, 0.15) is 6.07 Å². The van der Waals surface area contributed by atoms with Crippen LogP contribution in [0.1, 0.15) is 42.6 Å². The molecule has 0 spiro atoms. The van der Waals surface area contributed by atoms with Crippen LogP contribution in [0.4, 0.5) is 5.69 Å². The monoisotopic (exact) mass is 299 g/mol. The Morgan fingerprint density at radius 2 is 1.91 bits per heavy atom. The lowest BCUT2D eigenvalue weighted by atomic mass is 10.0. The fourth-order valence-electron chi connectivity index (χ4n) is 2.86. The summed E-state index contributed by atoms with van der Waals surface area (Å²) < 4.78 is 0. The van der Waals surface area contributed by atoms with Crippen molar-refractivity contribution < 1.29 is 9.59 Å². The van der Waals surface area contributed by atoms with Crippen LogP contribution < -0.4 is 4.90 Å². The highest BCUT2D eigenvalue weighted by atomic mass is 16.2. The normalized spacial score (nSPS) is 15.3. The first kappa shape index (κ1) is 16.0. The van der Waals surface area contributed by atoms with E-state index in [9.17, 15) is 14.9 Å². The molecule has 5 heteroatoms. The summed E-state index contributed by atoms with van der Waals surface area (Å²) in [5, 5.41) is 9.28. The maximum absolute atomic E-state index is 11.6. The second-order valence-electron chi connectivity index (χ2n) is 5.75. The number of amides is 1. The Morgan fingerprint density at radius 3 is 2.41 bits per heavy atom. The molecule has 0 bridgehead atoms. The fraction of sp³-hybridized carbons (Fsp3) is 0.471. The van der Waals surface area contributed by atoms with Crippen molar-refractivity contribution in [3.63, 3.8) is 0 Å². The molecule has 0 unspecified atom stereocenters. The second kappa shape index (κ2) is 6.61. The number of anilines is 1. The van der Waals surface area contributed by atoms with Crippen LogP contribution in [0.3, 0.4) is 0 Å². The first-order valence-corrected chi connectivity index (χ1v) is 7.47. The molecule has 0 aliphatic carbocycles. The Balaban J connectivity index is 2.17. The van der Waals surface area contributed by atoms with Crippen molar-refractivity contribution in [1.82, 2.24) is 4.90 Å². The van der Waals surface area contributed by atoms with Crippen LogP contribution in [0.2, 0.25) is 0 Å². The maximum atomic E-state index is 11.6. The van der Waals surface area contributed by atoms with Crippen molar-refractivity contribution in [1.29, 1.82) is 5.26 Å². The zero-order chi connectivity index (χ0) is 16.3. The standard InChI is InChI=1S/C17H21N3O2/c1-12(21)14-4-5-15(11-18)17(10-14)20-8-6-16(7-9-20)19(3)13(2)22/h4-5,10,16H,6-9H2,1-3H3. The molecule has 1 fully saturated rings. The summed E-state index contributed by atoms with van der Waals surface area (Å²) in [6.45, 7) is 4.66. The highest BCUT2D eigenvalue weighted by molar-refractivity contribution is 5.95. The zero-order valence-electron chi connectivity index (χ0n) is 13.3. The highest BCUT2D eigenvalue weighted by Crippen LogP contribution is 2.26. The molecule has 22 heavy (non-hydrogen) atoms. The summed E-state index contributed by atoms with van der Waals surface area (Å²) >= 11 is 0. The number of benzene rings is 1. The van der Waals surface area contributed by atoms with Crippen LogP contribution in [0.5, 0.6) is 0 Å². The Kier molecular flexibility index (Phi) is 4.81. The van der Waals surface area contributed by atoms with Gasteiger partial charge in [0.25, 0.3) is 0 Å². The van der Waals surface area contributed by atoms with Crippen molar-refractivity contribution in [2.24, 2.45) is 0 Å². The minimum Gasteiger partial charge on any atom is -0.370 e. The summed E-state index contributed by atoms with van der Waals surface area (Å²) in [5.41, 5.74) is 2.03. The van der Waals surface area contributed by atoms with Gasteiger partial charge in [0.05, 0.1) is 11.3 Å². The minimum atomic E-state index is -0.00283. The van der Waals surface area contributed by atoms with E-state index in [4.69, 9.17) is 0 Å². The molecule has 1 aliphatic heterocycles. The van der Waals surface area contributed by atoms with E-state index in [0.29, 0.717) is 11.1 Å². The van der Waals surface area contributed by atoms with Gasteiger partial charge in [-0.25, -0.2) is 0 Å². The lowest BCUT2D eigenvalue weighted by Crippen LogP contribution is -2.45. The molecule has 1 heterocycles. The number of hydrogen-bond donors (Lipinski definition) is 0. The minimum absolute atomic E-state index is 0.00283. The molecular weight excluding hydrogens is 278 g/mol. The van der Waals surface area contributed by atoms with E-state index in [1.165, 1.54) is 6.92 Å². The molecule has 2 rings (SSSR count). The summed E-state index contributed by atoms with van der Waals surface area (Å²) in [4.78, 5) is 26.9. The number of ketones is 1. The van der Waals surface area contributed by atoms with E-state index in [1.54, 1.807) is 30.0 Å². The van der Waals surface area contributed by atoms with Gasteiger partial charge < -0.3 is 9.80 Å². The fourth-order valence-corrected chi connectivity index (χ4v) is 2.86. The molecular formula is C17H21N3O2. The summed E-state index contributed by atoms with van der Waals surface area (Å²) in [5.74, 6) is 0.0756. The number of Topliss-reactive ketones (excluding diaryl/α,β-unsaturated/α-hetero) is 1. The number of nitriles is 1. The van der Waals surface area contributed by atoms with E-state index in [0.717, 1.165) is 31.6 Å². The van der Waals surface area contributed by atoms with Crippen molar-refractivity contribution in [2.75, 3.05) is 25.0 Å². The molecule has 1 saturated heterocycles. The highest BCUT2D eigenvalue weighted by Gasteiger charge is 2.25. The first-order chi connectivity index (χ1) is 10.4. The summed E-state index contributed by atoms with van der Waals surface area (Å²) in [7, 11) is 1.83. The van der Waals surface area contributed by atoms with E-state index in [1.807, 2.05) is 7.05 Å². The van der Waals surface area contributed by atoms with E-state index in [-0.39, 0.29) is 17.7 Å². The molecule has 1 amide bonds. The molecule has 0 atom stereocenters. The first-order valence-electron chi connectivity index (χ1n) is 7.47. The number of hydrogen-bond acceptors (Lipinski definition) is 4. The molecule has 0 radical (unpaired) electrons. The predicted octanol–water partition coefficient (Wildman–Crippen LogP) is 2.21. The number of rotatable bonds is 3. The largest absolute Gasteiger partial charge is 0.370 e. The van der Waals surface area contributed by atoms with Gasteiger partial charge in [0.2, 0.25) is 5.91 Å². The van der Waals surface area contributed by atoms with Crippen molar-refractivity contribution >= 4 is 17.4 Å². The number of piperidine rings is 1. The van der Waals surface area contributed by atoms with Gasteiger partial charge in [-0.3, -0.25) is 9.59 Å². The third-order valence-electron chi connectivity index (χ3n) is 4.37. The van der Waals surface area contributed by atoms with Gasteiger partial charge in [0.15, 0.2) is 5.78 Å². The van der Waals surface area contributed by atoms with Gasteiger partial charge in [0, 0.05) is 38.7 Å². The van der Waals surface area contributed by atoms with Crippen LogP contribution in [0.25, 0.3) is 0 Å². The molecule has 5 nitrogen and oxygen atoms in total. The van der Waals surface area contributed by atoms with Gasteiger partial charge in [-0.1, -0.05) is 0 Å². The van der Waals surface area contributed by atoms with Crippen LogP contribution in [0.15, 0.2) is 18.2 Å². The topological polar surface area (TPSA) is 64.4 Å². The van der Waals surface area contributed by atoms with E-state index in [2.05, 4.69) is 11.0 Å². The quantitative estimate of drug-likeness (QED) is 0.803. The molecule has 1 aromatic carbocycles. The van der Waals surface area contributed by atoms with Gasteiger partial charge in [-0.2, -0.15) is 5.26 Å². The van der Waals surface area contributed by atoms with Crippen molar-refractivity contribution in [3.05, 3.63) is 29.3 Å². The lowest BCUT2D eigenvalue weighted by Gasteiger charge is -2.37.